The summed E-state index contributed by atoms with van der Waals surface area (Å²) in [5, 5.41) is 0. The Morgan fingerprint density at radius 3 is 1.78 bits per heavy atom. The molecule has 0 N–H and O–H groups in total. The molecule has 1 aliphatic rings. The number of hydrogen-bond donors (Lipinski definition) is 0. The zero-order valence-electron chi connectivity index (χ0n) is 32.3. The van der Waals surface area contributed by atoms with Crippen LogP contribution in [0.25, 0.3) is 22.3 Å². The quantitative estimate of drug-likeness (QED) is 0.131. The van der Waals surface area contributed by atoms with E-state index in [1.165, 1.54) is 22.4 Å². The number of benzene rings is 6. The van der Waals surface area contributed by atoms with E-state index in [4.69, 9.17) is 6.58 Å². The second kappa shape index (κ2) is 16.3. The van der Waals surface area contributed by atoms with Gasteiger partial charge in [0.1, 0.15) is 0 Å². The Kier molecular flexibility index (Phi) is 10.9. The lowest BCUT2D eigenvalue weighted by Crippen LogP contribution is -2.15. The first kappa shape index (κ1) is 36.2. The van der Waals surface area contributed by atoms with E-state index in [9.17, 15) is 0 Å². The highest BCUT2D eigenvalue weighted by Crippen LogP contribution is 2.41. The maximum atomic E-state index is 4.76. The minimum Gasteiger partial charge on any atom is -0.311 e. The number of nitrogens with zero attached hydrogens (tertiary/aromatic N) is 2. The van der Waals surface area contributed by atoms with Crippen LogP contribution in [0.4, 0.5) is 28.4 Å². The SMILES string of the molecule is C=C(/C(=C\C)c1cccc(N(c2ccc(C)cc2)c2ccc(C)cc2)c1)c1ccccc1-c1cccc(N(C2=CCCC(C)C=C2)c2ccc(C)cc2)c1. The van der Waals surface area contributed by atoms with Crippen LogP contribution >= 0.6 is 0 Å². The van der Waals surface area contributed by atoms with Gasteiger partial charge in [-0.3, -0.25) is 0 Å². The van der Waals surface area contributed by atoms with Crippen LogP contribution in [0, 0.1) is 26.7 Å². The fourth-order valence-electron chi connectivity index (χ4n) is 7.35. The molecule has 0 fully saturated rings. The monoisotopic (exact) mass is 702 g/mol. The van der Waals surface area contributed by atoms with Crippen molar-refractivity contribution in [2.45, 2.75) is 47.5 Å². The van der Waals surface area contributed by atoms with Gasteiger partial charge in [-0.15, -0.1) is 0 Å². The van der Waals surface area contributed by atoms with Crippen LogP contribution in [0.5, 0.6) is 0 Å². The van der Waals surface area contributed by atoms with Gasteiger partial charge in [0.25, 0.3) is 0 Å². The van der Waals surface area contributed by atoms with Crippen molar-refractivity contribution in [3.63, 3.8) is 0 Å². The largest absolute Gasteiger partial charge is 0.311 e. The van der Waals surface area contributed by atoms with Crippen LogP contribution in [0.15, 0.2) is 182 Å². The number of anilines is 5. The fraction of sp³-hybridized carbons (Fsp3) is 0.154. The van der Waals surface area contributed by atoms with E-state index in [0.717, 1.165) is 74.7 Å². The van der Waals surface area contributed by atoms with Crippen LogP contribution in [-0.4, -0.2) is 0 Å². The molecule has 7 rings (SSSR count). The van der Waals surface area contributed by atoms with E-state index in [2.05, 4.69) is 214 Å². The van der Waals surface area contributed by atoms with Crippen molar-refractivity contribution < 1.29 is 0 Å². The van der Waals surface area contributed by atoms with Gasteiger partial charge < -0.3 is 9.80 Å². The smallest absolute Gasteiger partial charge is 0.0467 e. The van der Waals surface area contributed by atoms with E-state index in [1.54, 1.807) is 0 Å². The maximum Gasteiger partial charge on any atom is 0.0467 e. The first-order valence-electron chi connectivity index (χ1n) is 19.1. The maximum absolute atomic E-state index is 4.76. The molecule has 0 saturated heterocycles. The highest BCUT2D eigenvalue weighted by molar-refractivity contribution is 6.07. The highest BCUT2D eigenvalue weighted by Gasteiger charge is 2.19. The fourth-order valence-corrected chi connectivity index (χ4v) is 7.35. The van der Waals surface area contributed by atoms with Gasteiger partial charge in [0, 0.05) is 34.1 Å². The standard InChI is InChI=1S/C52H50N2/c1-7-50(42-14-11-17-48(35-42)54(46-31-24-39(4)25-32-46)47-33-26-40(5)27-34-47)41(6)51-19-8-9-20-52(51)43-15-12-18-49(36-43)53(45-29-22-38(3)23-30-45)44-16-10-13-37(2)21-28-44/h7-9,11-12,14-37H,6,10,13H2,1-5H3/b50-7+. The van der Waals surface area contributed by atoms with E-state index in [-0.39, 0.29) is 0 Å². The molecule has 1 aliphatic carbocycles. The molecule has 6 aromatic carbocycles. The van der Waals surface area contributed by atoms with Gasteiger partial charge in [-0.2, -0.15) is 0 Å². The van der Waals surface area contributed by atoms with Gasteiger partial charge in [-0.05, 0) is 147 Å². The van der Waals surface area contributed by atoms with E-state index < -0.39 is 0 Å². The van der Waals surface area contributed by atoms with Gasteiger partial charge in [0.15, 0.2) is 0 Å². The molecule has 0 aromatic heterocycles. The molecule has 0 saturated carbocycles. The lowest BCUT2D eigenvalue weighted by Gasteiger charge is -2.27. The summed E-state index contributed by atoms with van der Waals surface area (Å²) in [5.74, 6) is 0.553. The van der Waals surface area contributed by atoms with Crippen LogP contribution in [-0.2, 0) is 0 Å². The summed E-state index contributed by atoms with van der Waals surface area (Å²) >= 11 is 0. The van der Waals surface area contributed by atoms with Crippen molar-refractivity contribution in [2.75, 3.05) is 9.80 Å². The van der Waals surface area contributed by atoms with Crippen LogP contribution in [0.1, 0.15) is 54.5 Å². The van der Waals surface area contributed by atoms with Crippen LogP contribution in [0.3, 0.4) is 0 Å². The molecule has 6 aromatic rings. The summed E-state index contributed by atoms with van der Waals surface area (Å²) in [6.45, 7) is 15.6. The number of hydrogen-bond acceptors (Lipinski definition) is 2. The summed E-state index contributed by atoms with van der Waals surface area (Å²) in [6, 6.07) is 52.8. The van der Waals surface area contributed by atoms with Gasteiger partial charge in [0.05, 0.1) is 0 Å². The summed E-state index contributed by atoms with van der Waals surface area (Å²) < 4.78 is 0. The first-order valence-corrected chi connectivity index (χ1v) is 19.1. The molecule has 54 heavy (non-hydrogen) atoms. The molecule has 0 amide bonds. The summed E-state index contributed by atoms with van der Waals surface area (Å²) in [6.07, 6.45) is 11.4. The third-order valence-electron chi connectivity index (χ3n) is 10.4. The molecule has 1 atom stereocenters. The average molecular weight is 703 g/mol. The molecule has 2 heteroatoms. The Balaban J connectivity index is 1.26. The number of allylic oxidation sites excluding steroid dienone is 6. The zero-order chi connectivity index (χ0) is 37.6. The first-order chi connectivity index (χ1) is 26.3. The normalized spacial score (nSPS) is 14.3. The Hall–Kier alpha value is -6.12. The van der Waals surface area contributed by atoms with Gasteiger partial charge in [0.2, 0.25) is 0 Å². The molecule has 0 heterocycles. The molecule has 0 aliphatic heterocycles. The Morgan fingerprint density at radius 1 is 0.611 bits per heavy atom. The molecular formula is C52H50N2. The lowest BCUT2D eigenvalue weighted by atomic mass is 9.88. The minimum absolute atomic E-state index is 0.553. The summed E-state index contributed by atoms with van der Waals surface area (Å²) in [7, 11) is 0. The zero-order valence-corrected chi connectivity index (χ0v) is 32.3. The lowest BCUT2D eigenvalue weighted by molar-refractivity contribution is 0.662. The van der Waals surface area contributed by atoms with E-state index in [1.807, 2.05) is 0 Å². The molecule has 268 valence electrons. The van der Waals surface area contributed by atoms with Gasteiger partial charge in [-0.25, -0.2) is 0 Å². The van der Waals surface area contributed by atoms with Crippen molar-refractivity contribution >= 4 is 39.6 Å². The second-order valence-corrected chi connectivity index (χ2v) is 14.5. The number of rotatable bonds is 10. The van der Waals surface area contributed by atoms with Crippen LogP contribution in [0.2, 0.25) is 0 Å². The van der Waals surface area contributed by atoms with Gasteiger partial charge in [-0.1, -0.05) is 133 Å². The summed E-state index contributed by atoms with van der Waals surface area (Å²) in [4.78, 5) is 4.73. The van der Waals surface area contributed by atoms with Crippen molar-refractivity contribution in [3.05, 3.63) is 210 Å². The Bertz CT molecular complexity index is 2290. The molecule has 0 bridgehead atoms. The van der Waals surface area contributed by atoms with Crippen molar-refractivity contribution in [3.8, 4) is 11.1 Å². The van der Waals surface area contributed by atoms with E-state index >= 15 is 0 Å². The molecule has 2 nitrogen and oxygen atoms in total. The minimum atomic E-state index is 0.553. The van der Waals surface area contributed by atoms with Crippen molar-refractivity contribution in [1.82, 2.24) is 0 Å². The third kappa shape index (κ3) is 7.94. The highest BCUT2D eigenvalue weighted by atomic mass is 15.1. The third-order valence-corrected chi connectivity index (χ3v) is 10.4. The number of aryl methyl sites for hydroxylation is 3. The van der Waals surface area contributed by atoms with Crippen LogP contribution < -0.4 is 9.80 Å². The van der Waals surface area contributed by atoms with Gasteiger partial charge >= 0.3 is 0 Å². The van der Waals surface area contributed by atoms with Crippen molar-refractivity contribution in [2.24, 2.45) is 5.92 Å². The topological polar surface area (TPSA) is 6.48 Å². The molecule has 0 spiro atoms. The molecular weight excluding hydrogens is 653 g/mol. The predicted molar refractivity (Wildman–Crippen MR) is 234 cm³/mol. The average Bonchev–Trinajstić information content (AvgIpc) is 3.41. The molecule has 0 radical (unpaired) electrons. The Labute approximate surface area is 322 Å². The summed E-state index contributed by atoms with van der Waals surface area (Å²) in [5.41, 5.74) is 17.2. The Morgan fingerprint density at radius 2 is 1.17 bits per heavy atom. The predicted octanol–water partition coefficient (Wildman–Crippen LogP) is 14.9. The van der Waals surface area contributed by atoms with E-state index in [0.29, 0.717) is 5.92 Å². The molecule has 1 unspecified atom stereocenters. The second-order valence-electron chi connectivity index (χ2n) is 14.5. The van der Waals surface area contributed by atoms with Crippen molar-refractivity contribution in [1.29, 1.82) is 0 Å².